The summed E-state index contributed by atoms with van der Waals surface area (Å²) in [5.74, 6) is -1.26. The number of sulfonamides is 2. The lowest BCUT2D eigenvalue weighted by molar-refractivity contribution is 0.102. The summed E-state index contributed by atoms with van der Waals surface area (Å²) >= 11 is 0. The lowest BCUT2D eigenvalue weighted by Gasteiger charge is -2.11. The highest BCUT2D eigenvalue weighted by Crippen LogP contribution is 2.24. The van der Waals surface area contributed by atoms with Gasteiger partial charge in [0.2, 0.25) is 10.0 Å². The zero-order valence-corrected chi connectivity index (χ0v) is 18.8. The van der Waals surface area contributed by atoms with Crippen molar-refractivity contribution >= 4 is 37.3 Å². The molecule has 0 saturated heterocycles. The van der Waals surface area contributed by atoms with Crippen molar-refractivity contribution in [2.75, 3.05) is 10.0 Å². The van der Waals surface area contributed by atoms with Crippen molar-refractivity contribution in [2.45, 2.75) is 28.7 Å². The maximum absolute atomic E-state index is 13.8. The van der Waals surface area contributed by atoms with Crippen LogP contribution in [0.4, 0.5) is 15.8 Å². The van der Waals surface area contributed by atoms with E-state index in [0.29, 0.717) is 0 Å². The zero-order valence-electron chi connectivity index (χ0n) is 17.2. The Morgan fingerprint density at radius 2 is 1.52 bits per heavy atom. The summed E-state index contributed by atoms with van der Waals surface area (Å²) in [5.41, 5.74) is 0.242. The van der Waals surface area contributed by atoms with Gasteiger partial charge in [0, 0.05) is 17.3 Å². The standard InChI is InChI=1S/C22H20FN3O5S2/c23-20-6-1-2-7-21(20)26-32(28,29)18-12-8-15(9-13-18)22(27)24-17-4-3-5-19(14-17)33(30,31)25-16-10-11-16/h1-9,12-14,16,25-26H,10-11H2,(H,24,27). The van der Waals surface area contributed by atoms with Gasteiger partial charge in [0.25, 0.3) is 15.9 Å². The molecule has 1 aliphatic rings. The van der Waals surface area contributed by atoms with Gasteiger partial charge in [-0.1, -0.05) is 18.2 Å². The number of halogens is 1. The maximum Gasteiger partial charge on any atom is 0.261 e. The summed E-state index contributed by atoms with van der Waals surface area (Å²) in [5, 5.41) is 2.60. The lowest BCUT2D eigenvalue weighted by Crippen LogP contribution is -2.25. The molecule has 33 heavy (non-hydrogen) atoms. The minimum atomic E-state index is -4.06. The number of amides is 1. The van der Waals surface area contributed by atoms with E-state index in [1.54, 1.807) is 6.07 Å². The SMILES string of the molecule is O=C(Nc1cccc(S(=O)(=O)NC2CC2)c1)c1ccc(S(=O)(=O)Nc2ccccc2F)cc1. The average Bonchev–Trinajstić information content (AvgIpc) is 3.59. The first kappa shape index (κ1) is 22.9. The van der Waals surface area contributed by atoms with Crippen molar-refractivity contribution in [1.29, 1.82) is 0 Å². The number of anilines is 2. The Balaban J connectivity index is 1.47. The van der Waals surface area contributed by atoms with E-state index in [0.717, 1.165) is 18.9 Å². The number of rotatable bonds is 8. The molecule has 0 bridgehead atoms. The van der Waals surface area contributed by atoms with Gasteiger partial charge in [-0.15, -0.1) is 0 Å². The zero-order chi connectivity index (χ0) is 23.6. The van der Waals surface area contributed by atoms with Crippen molar-refractivity contribution in [3.63, 3.8) is 0 Å². The van der Waals surface area contributed by atoms with Crippen LogP contribution < -0.4 is 14.8 Å². The predicted molar refractivity (Wildman–Crippen MR) is 121 cm³/mol. The van der Waals surface area contributed by atoms with Crippen LogP contribution in [0.2, 0.25) is 0 Å². The molecule has 0 radical (unpaired) electrons. The third-order valence-electron chi connectivity index (χ3n) is 4.85. The van der Waals surface area contributed by atoms with Gasteiger partial charge >= 0.3 is 0 Å². The fraction of sp³-hybridized carbons (Fsp3) is 0.136. The molecule has 172 valence electrons. The molecule has 8 nitrogen and oxygen atoms in total. The molecule has 1 aliphatic carbocycles. The van der Waals surface area contributed by atoms with Crippen molar-refractivity contribution < 1.29 is 26.0 Å². The van der Waals surface area contributed by atoms with Crippen molar-refractivity contribution in [1.82, 2.24) is 4.72 Å². The Morgan fingerprint density at radius 3 is 2.18 bits per heavy atom. The molecule has 4 rings (SSSR count). The van der Waals surface area contributed by atoms with Crippen molar-refractivity contribution in [2.24, 2.45) is 0 Å². The van der Waals surface area contributed by atoms with Gasteiger partial charge < -0.3 is 5.32 Å². The number of nitrogens with one attached hydrogen (secondary N) is 3. The third kappa shape index (κ3) is 5.56. The van der Waals surface area contributed by atoms with E-state index in [1.165, 1.54) is 60.7 Å². The van der Waals surface area contributed by atoms with E-state index in [1.807, 2.05) is 0 Å². The highest BCUT2D eigenvalue weighted by atomic mass is 32.2. The molecular weight excluding hydrogens is 469 g/mol. The molecule has 0 aliphatic heterocycles. The third-order valence-corrected chi connectivity index (χ3v) is 7.75. The van der Waals surface area contributed by atoms with Crippen LogP contribution in [0.3, 0.4) is 0 Å². The van der Waals surface area contributed by atoms with Gasteiger partial charge in [-0.3, -0.25) is 9.52 Å². The number of para-hydroxylation sites is 1. The van der Waals surface area contributed by atoms with Crippen molar-refractivity contribution in [3.8, 4) is 0 Å². The molecule has 0 unspecified atom stereocenters. The van der Waals surface area contributed by atoms with Crippen molar-refractivity contribution in [3.05, 3.63) is 84.2 Å². The molecule has 3 aromatic rings. The Morgan fingerprint density at radius 1 is 0.818 bits per heavy atom. The summed E-state index contributed by atoms with van der Waals surface area (Å²) < 4.78 is 68.2. The second-order valence-electron chi connectivity index (χ2n) is 7.49. The molecule has 3 N–H and O–H groups in total. The number of benzene rings is 3. The molecular formula is C22H20FN3O5S2. The quantitative estimate of drug-likeness (QED) is 0.448. The second-order valence-corrected chi connectivity index (χ2v) is 10.9. The van der Waals surface area contributed by atoms with Crippen LogP contribution in [0.1, 0.15) is 23.2 Å². The number of hydrogen-bond donors (Lipinski definition) is 3. The van der Waals surface area contributed by atoms with Crippen LogP contribution in [0.5, 0.6) is 0 Å². The van der Waals surface area contributed by atoms with Gasteiger partial charge in [0.1, 0.15) is 5.82 Å². The molecule has 0 heterocycles. The summed E-state index contributed by atoms with van der Waals surface area (Å²) in [7, 11) is -7.73. The number of carbonyl (C=O) groups is 1. The van der Waals surface area contributed by atoms with E-state index in [4.69, 9.17) is 0 Å². The van der Waals surface area contributed by atoms with E-state index in [2.05, 4.69) is 14.8 Å². The van der Waals surface area contributed by atoms with Gasteiger partial charge in [-0.2, -0.15) is 0 Å². The van der Waals surface area contributed by atoms with E-state index >= 15 is 0 Å². The Labute approximate surface area is 190 Å². The monoisotopic (exact) mass is 489 g/mol. The van der Waals surface area contributed by atoms with E-state index < -0.39 is 31.8 Å². The van der Waals surface area contributed by atoms with Crippen LogP contribution in [-0.4, -0.2) is 28.8 Å². The molecule has 0 atom stereocenters. The first-order valence-electron chi connectivity index (χ1n) is 9.95. The molecule has 1 saturated carbocycles. The highest BCUT2D eigenvalue weighted by molar-refractivity contribution is 7.92. The van der Waals surface area contributed by atoms with Crippen LogP contribution >= 0.6 is 0 Å². The average molecular weight is 490 g/mol. The van der Waals surface area contributed by atoms with Gasteiger partial charge in [0.15, 0.2) is 0 Å². The predicted octanol–water partition coefficient (Wildman–Crippen LogP) is 3.32. The molecule has 0 spiro atoms. The number of carbonyl (C=O) groups excluding carboxylic acids is 1. The van der Waals surface area contributed by atoms with E-state index in [-0.39, 0.29) is 32.8 Å². The van der Waals surface area contributed by atoms with Crippen LogP contribution in [0.25, 0.3) is 0 Å². The Hall–Kier alpha value is -3.28. The molecule has 11 heteroatoms. The lowest BCUT2D eigenvalue weighted by atomic mass is 10.2. The fourth-order valence-corrected chi connectivity index (χ4v) is 5.38. The van der Waals surface area contributed by atoms with Crippen LogP contribution in [0, 0.1) is 5.82 Å². The molecule has 1 amide bonds. The normalized spacial score (nSPS) is 14.0. The molecule has 0 aromatic heterocycles. The second kappa shape index (κ2) is 8.93. The van der Waals surface area contributed by atoms with E-state index in [9.17, 15) is 26.0 Å². The van der Waals surface area contributed by atoms with Crippen LogP contribution in [-0.2, 0) is 20.0 Å². The smallest absolute Gasteiger partial charge is 0.261 e. The summed E-state index contributed by atoms with van der Waals surface area (Å²) in [4.78, 5) is 12.5. The molecule has 1 fully saturated rings. The highest BCUT2D eigenvalue weighted by Gasteiger charge is 2.28. The first-order valence-corrected chi connectivity index (χ1v) is 12.9. The van der Waals surface area contributed by atoms with Gasteiger partial charge in [0.05, 0.1) is 15.5 Å². The summed E-state index contributed by atoms with van der Waals surface area (Å²) in [6.45, 7) is 0. The van der Waals surface area contributed by atoms with Crippen LogP contribution in [0.15, 0.2) is 82.6 Å². The fourth-order valence-electron chi connectivity index (χ4n) is 2.97. The summed E-state index contributed by atoms with van der Waals surface area (Å²) in [6.07, 6.45) is 1.61. The van der Waals surface area contributed by atoms with Gasteiger partial charge in [-0.05, 0) is 67.4 Å². The van der Waals surface area contributed by atoms with Gasteiger partial charge in [-0.25, -0.2) is 25.9 Å². The Bertz CT molecular complexity index is 1400. The largest absolute Gasteiger partial charge is 0.322 e. The molecule has 3 aromatic carbocycles. The summed E-state index contributed by atoms with van der Waals surface area (Å²) in [6, 6.07) is 16.2. The number of hydrogen-bond acceptors (Lipinski definition) is 5. The minimum absolute atomic E-state index is 0.0351. The first-order chi connectivity index (χ1) is 15.6. The topological polar surface area (TPSA) is 121 Å². The minimum Gasteiger partial charge on any atom is -0.322 e. The maximum atomic E-state index is 13.8. The Kier molecular flexibility index (Phi) is 6.19.